The summed E-state index contributed by atoms with van der Waals surface area (Å²) in [7, 11) is 0. The molecule has 0 saturated heterocycles. The third-order valence-electron chi connectivity index (χ3n) is 3.80. The summed E-state index contributed by atoms with van der Waals surface area (Å²) in [5.74, 6) is -0.0343. The molecule has 0 aliphatic carbocycles. The second kappa shape index (κ2) is 5.90. The number of anilines is 1. The van der Waals surface area contributed by atoms with Gasteiger partial charge in [-0.2, -0.15) is 0 Å². The summed E-state index contributed by atoms with van der Waals surface area (Å²) in [5.41, 5.74) is 4.16. The molecule has 1 aliphatic rings. The number of rotatable bonds is 3. The van der Waals surface area contributed by atoms with E-state index in [1.165, 1.54) is 5.56 Å². The van der Waals surface area contributed by atoms with Gasteiger partial charge in [0.1, 0.15) is 0 Å². The number of carbonyl (C=O) groups is 1. The Morgan fingerprint density at radius 2 is 2.10 bits per heavy atom. The van der Waals surface area contributed by atoms with Crippen molar-refractivity contribution in [1.82, 2.24) is 5.32 Å². The highest BCUT2D eigenvalue weighted by atomic mass is 79.9. The third kappa shape index (κ3) is 2.95. The minimum atomic E-state index is -0.0422. The first kappa shape index (κ1) is 14.1. The van der Waals surface area contributed by atoms with Crippen LogP contribution in [0.25, 0.3) is 0 Å². The number of fused-ring (bicyclic) bond motifs is 1. The maximum Gasteiger partial charge on any atom is 0.251 e. The number of hydrogen-bond donors (Lipinski definition) is 2. The lowest BCUT2D eigenvalue weighted by molar-refractivity contribution is 0.0939. The summed E-state index contributed by atoms with van der Waals surface area (Å²) in [6.07, 6.45) is 0.982. The fourth-order valence-corrected chi connectivity index (χ4v) is 3.26. The van der Waals surface area contributed by atoms with Gasteiger partial charge in [-0.3, -0.25) is 4.79 Å². The molecule has 4 heteroatoms. The SMILES string of the molecule is CC(NC(=O)c1ccc2c(c1)CCN2)c1ccccc1Br. The number of amides is 1. The van der Waals surface area contributed by atoms with Crippen LogP contribution in [0.4, 0.5) is 5.69 Å². The standard InChI is InChI=1S/C17H17BrN2O/c1-11(14-4-2-3-5-15(14)18)20-17(21)13-6-7-16-12(10-13)8-9-19-16/h2-7,10-11,19H,8-9H2,1H3,(H,20,21). The van der Waals surface area contributed by atoms with Gasteiger partial charge in [0.15, 0.2) is 0 Å². The molecule has 3 rings (SSSR count). The van der Waals surface area contributed by atoms with Crippen LogP contribution >= 0.6 is 15.9 Å². The van der Waals surface area contributed by atoms with Crippen molar-refractivity contribution in [3.63, 3.8) is 0 Å². The second-order valence-electron chi connectivity index (χ2n) is 5.27. The predicted molar refractivity (Wildman–Crippen MR) is 88.7 cm³/mol. The molecule has 0 bridgehead atoms. The van der Waals surface area contributed by atoms with Crippen molar-refractivity contribution < 1.29 is 4.79 Å². The molecule has 0 aromatic heterocycles. The van der Waals surface area contributed by atoms with Gasteiger partial charge in [0.05, 0.1) is 6.04 Å². The minimum Gasteiger partial charge on any atom is -0.384 e. The maximum absolute atomic E-state index is 12.4. The van der Waals surface area contributed by atoms with E-state index in [0.717, 1.165) is 34.3 Å². The molecule has 0 saturated carbocycles. The fourth-order valence-electron chi connectivity index (χ4n) is 2.63. The van der Waals surface area contributed by atoms with Gasteiger partial charge in [0.2, 0.25) is 0 Å². The van der Waals surface area contributed by atoms with Crippen LogP contribution in [0.1, 0.15) is 34.5 Å². The number of nitrogens with one attached hydrogen (secondary N) is 2. The quantitative estimate of drug-likeness (QED) is 0.886. The molecule has 2 aromatic carbocycles. The van der Waals surface area contributed by atoms with Crippen molar-refractivity contribution >= 4 is 27.5 Å². The van der Waals surface area contributed by atoms with Gasteiger partial charge in [-0.15, -0.1) is 0 Å². The minimum absolute atomic E-state index is 0.0343. The Balaban J connectivity index is 1.76. The second-order valence-corrected chi connectivity index (χ2v) is 6.12. The Labute approximate surface area is 132 Å². The van der Waals surface area contributed by atoms with Gasteiger partial charge in [-0.25, -0.2) is 0 Å². The van der Waals surface area contributed by atoms with Crippen molar-refractivity contribution in [2.24, 2.45) is 0 Å². The zero-order valence-corrected chi connectivity index (χ0v) is 13.4. The first-order valence-electron chi connectivity index (χ1n) is 7.07. The number of carbonyl (C=O) groups excluding carboxylic acids is 1. The average Bonchev–Trinajstić information content (AvgIpc) is 2.94. The lowest BCUT2D eigenvalue weighted by atomic mass is 10.1. The maximum atomic E-state index is 12.4. The average molecular weight is 345 g/mol. The lowest BCUT2D eigenvalue weighted by Crippen LogP contribution is -2.26. The van der Waals surface area contributed by atoms with Gasteiger partial charge in [-0.1, -0.05) is 34.1 Å². The molecule has 1 atom stereocenters. The zero-order valence-electron chi connectivity index (χ0n) is 11.8. The van der Waals surface area contributed by atoms with E-state index >= 15 is 0 Å². The van der Waals surface area contributed by atoms with Crippen LogP contribution in [0.2, 0.25) is 0 Å². The number of hydrogen-bond acceptors (Lipinski definition) is 2. The van der Waals surface area contributed by atoms with E-state index in [-0.39, 0.29) is 11.9 Å². The molecule has 21 heavy (non-hydrogen) atoms. The summed E-state index contributed by atoms with van der Waals surface area (Å²) in [6.45, 7) is 2.95. The summed E-state index contributed by atoms with van der Waals surface area (Å²) in [4.78, 5) is 12.4. The Hall–Kier alpha value is -1.81. The monoisotopic (exact) mass is 344 g/mol. The summed E-state index contributed by atoms with van der Waals surface area (Å²) >= 11 is 3.52. The Kier molecular flexibility index (Phi) is 3.97. The molecule has 3 nitrogen and oxygen atoms in total. The molecule has 0 radical (unpaired) electrons. The number of benzene rings is 2. The van der Waals surface area contributed by atoms with Gasteiger partial charge in [0.25, 0.3) is 5.91 Å². The molecule has 108 valence electrons. The van der Waals surface area contributed by atoms with Gasteiger partial charge in [0, 0.05) is 22.3 Å². The predicted octanol–water partition coefficient (Wildman–Crippen LogP) is 3.91. The molecular weight excluding hydrogens is 328 g/mol. The van der Waals surface area contributed by atoms with Gasteiger partial charge >= 0.3 is 0 Å². The van der Waals surface area contributed by atoms with E-state index in [1.807, 2.05) is 49.4 Å². The van der Waals surface area contributed by atoms with Crippen molar-refractivity contribution in [2.45, 2.75) is 19.4 Å². The molecule has 2 aromatic rings. The summed E-state index contributed by atoms with van der Waals surface area (Å²) in [6, 6.07) is 13.7. The highest BCUT2D eigenvalue weighted by Crippen LogP contribution is 2.25. The molecule has 1 aliphatic heterocycles. The largest absolute Gasteiger partial charge is 0.384 e. The first-order chi connectivity index (χ1) is 10.1. The highest BCUT2D eigenvalue weighted by Gasteiger charge is 2.16. The van der Waals surface area contributed by atoms with Crippen LogP contribution in [-0.4, -0.2) is 12.5 Å². The molecular formula is C17H17BrN2O. The van der Waals surface area contributed by atoms with E-state index in [4.69, 9.17) is 0 Å². The molecule has 1 amide bonds. The van der Waals surface area contributed by atoms with Crippen molar-refractivity contribution in [2.75, 3.05) is 11.9 Å². The zero-order chi connectivity index (χ0) is 14.8. The summed E-state index contributed by atoms with van der Waals surface area (Å²) in [5, 5.41) is 6.36. The Bertz CT molecular complexity index is 684. The third-order valence-corrected chi connectivity index (χ3v) is 4.52. The fraction of sp³-hybridized carbons (Fsp3) is 0.235. The van der Waals surface area contributed by atoms with Crippen LogP contribution in [0.3, 0.4) is 0 Å². The van der Waals surface area contributed by atoms with Crippen molar-refractivity contribution in [1.29, 1.82) is 0 Å². The smallest absolute Gasteiger partial charge is 0.251 e. The normalized spacial score (nSPS) is 14.2. The van der Waals surface area contributed by atoms with Crippen molar-refractivity contribution in [3.05, 3.63) is 63.6 Å². The molecule has 0 fully saturated rings. The van der Waals surface area contributed by atoms with Crippen LogP contribution in [0, 0.1) is 0 Å². The van der Waals surface area contributed by atoms with E-state index in [1.54, 1.807) is 0 Å². The Morgan fingerprint density at radius 1 is 1.29 bits per heavy atom. The molecule has 1 heterocycles. The summed E-state index contributed by atoms with van der Waals surface area (Å²) < 4.78 is 1.01. The van der Waals surface area contributed by atoms with Crippen LogP contribution < -0.4 is 10.6 Å². The van der Waals surface area contributed by atoms with E-state index in [2.05, 4.69) is 26.6 Å². The Morgan fingerprint density at radius 3 is 2.90 bits per heavy atom. The van der Waals surface area contributed by atoms with Crippen LogP contribution in [0.15, 0.2) is 46.9 Å². The van der Waals surface area contributed by atoms with E-state index in [9.17, 15) is 4.79 Å². The van der Waals surface area contributed by atoms with Gasteiger partial charge < -0.3 is 10.6 Å². The number of halogens is 1. The molecule has 1 unspecified atom stereocenters. The van der Waals surface area contributed by atoms with Gasteiger partial charge in [-0.05, 0) is 48.7 Å². The molecule has 0 spiro atoms. The highest BCUT2D eigenvalue weighted by molar-refractivity contribution is 9.10. The van der Waals surface area contributed by atoms with Crippen molar-refractivity contribution in [3.8, 4) is 0 Å². The van der Waals surface area contributed by atoms with E-state index < -0.39 is 0 Å². The van der Waals surface area contributed by atoms with Crippen LogP contribution in [-0.2, 0) is 6.42 Å². The topological polar surface area (TPSA) is 41.1 Å². The lowest BCUT2D eigenvalue weighted by Gasteiger charge is -2.16. The van der Waals surface area contributed by atoms with Crippen LogP contribution in [0.5, 0.6) is 0 Å². The van der Waals surface area contributed by atoms with E-state index in [0.29, 0.717) is 0 Å². The first-order valence-corrected chi connectivity index (χ1v) is 7.86. The molecule has 2 N–H and O–H groups in total.